The van der Waals surface area contributed by atoms with E-state index in [9.17, 15) is 9.18 Å². The van der Waals surface area contributed by atoms with Crippen molar-refractivity contribution in [2.75, 3.05) is 6.61 Å². The van der Waals surface area contributed by atoms with Crippen LogP contribution in [0.3, 0.4) is 0 Å². The van der Waals surface area contributed by atoms with Gasteiger partial charge >= 0.3 is 0 Å². The highest BCUT2D eigenvalue weighted by Crippen LogP contribution is 2.31. The molecule has 3 aromatic rings. The lowest BCUT2D eigenvalue weighted by Crippen LogP contribution is -2.26. The number of hydroxylamine groups is 1. The lowest BCUT2D eigenvalue weighted by atomic mass is 10.1. The van der Waals surface area contributed by atoms with Gasteiger partial charge in [-0.25, -0.2) is 9.87 Å². The molecule has 0 atom stereocenters. The summed E-state index contributed by atoms with van der Waals surface area (Å²) in [6.45, 7) is 8.04. The first-order valence-electron chi connectivity index (χ1n) is 8.81. The number of benzene rings is 1. The second-order valence-electron chi connectivity index (χ2n) is 5.60. The number of pyridine rings is 1. The summed E-state index contributed by atoms with van der Waals surface area (Å²) in [6, 6.07) is 6.70. The van der Waals surface area contributed by atoms with Gasteiger partial charge < -0.3 is 4.57 Å². The lowest BCUT2D eigenvalue weighted by Gasteiger charge is -2.12. The number of carbonyl (C=O) groups excluding carboxylic acids is 1. The maximum atomic E-state index is 14.3. The zero-order valence-corrected chi connectivity index (χ0v) is 16.6. The van der Waals surface area contributed by atoms with Gasteiger partial charge in [0.25, 0.3) is 5.91 Å². The van der Waals surface area contributed by atoms with Crippen LogP contribution in [0.1, 0.15) is 42.4 Å². The normalized spacial score (nSPS) is 10.4. The molecular weight excluding hydrogens is 369 g/mol. The number of carbonyl (C=O) groups is 1. The van der Waals surface area contributed by atoms with Crippen molar-refractivity contribution in [2.45, 2.75) is 34.2 Å². The predicted octanol–water partition coefficient (Wildman–Crippen LogP) is 4.89. The Morgan fingerprint density at radius 3 is 2.74 bits per heavy atom. The van der Waals surface area contributed by atoms with Gasteiger partial charge in [0.15, 0.2) is 0 Å². The second-order valence-corrected chi connectivity index (χ2v) is 5.98. The van der Waals surface area contributed by atoms with Gasteiger partial charge in [-0.05, 0) is 31.5 Å². The fourth-order valence-electron chi connectivity index (χ4n) is 2.68. The molecule has 7 heteroatoms. The molecule has 1 aromatic carbocycles. The molecule has 0 unspecified atom stereocenters. The number of nitrogens with zero attached hydrogens (tertiary/aromatic N) is 2. The van der Waals surface area contributed by atoms with E-state index in [2.05, 4.69) is 10.5 Å². The van der Waals surface area contributed by atoms with E-state index in [-0.39, 0.29) is 23.1 Å². The number of fused-ring (bicyclic) bond motifs is 1. The molecule has 144 valence electrons. The average Bonchev–Trinajstić information content (AvgIpc) is 2.96. The number of amides is 1. The second kappa shape index (κ2) is 9.48. The van der Waals surface area contributed by atoms with Crippen molar-refractivity contribution in [2.24, 2.45) is 0 Å². The number of halogens is 2. The molecule has 1 amide bonds. The van der Waals surface area contributed by atoms with Gasteiger partial charge in [-0.3, -0.25) is 14.6 Å². The van der Waals surface area contributed by atoms with Crippen molar-refractivity contribution >= 4 is 28.4 Å². The molecular formula is C20H23ClFN3O2. The smallest absolute Gasteiger partial charge is 0.293 e. The van der Waals surface area contributed by atoms with Crippen molar-refractivity contribution in [1.82, 2.24) is 15.0 Å². The largest absolute Gasteiger partial charge is 0.329 e. The zero-order valence-electron chi connectivity index (χ0n) is 15.8. The summed E-state index contributed by atoms with van der Waals surface area (Å²) < 4.78 is 15.9. The van der Waals surface area contributed by atoms with Crippen molar-refractivity contribution in [3.05, 3.63) is 64.3 Å². The van der Waals surface area contributed by atoms with E-state index in [1.807, 2.05) is 26.8 Å². The number of aromatic nitrogens is 2. The van der Waals surface area contributed by atoms with Crippen LogP contribution < -0.4 is 5.48 Å². The van der Waals surface area contributed by atoms with Gasteiger partial charge in [-0.2, -0.15) is 0 Å². The molecule has 0 spiro atoms. The minimum atomic E-state index is -0.490. The van der Waals surface area contributed by atoms with Gasteiger partial charge in [0, 0.05) is 17.1 Å². The van der Waals surface area contributed by atoms with Crippen LogP contribution in [-0.4, -0.2) is 22.1 Å². The lowest BCUT2D eigenvalue weighted by molar-refractivity contribution is 0.0357. The molecule has 1 N–H and O–H groups in total. The fraction of sp³-hybridized carbons (Fsp3) is 0.300. The molecule has 0 aliphatic carbocycles. The van der Waals surface area contributed by atoms with Crippen LogP contribution in [0.15, 0.2) is 36.7 Å². The topological polar surface area (TPSA) is 56.1 Å². The Morgan fingerprint density at radius 2 is 2.07 bits per heavy atom. The summed E-state index contributed by atoms with van der Waals surface area (Å²) in [5, 5.41) is 0.952. The van der Waals surface area contributed by atoms with Crippen LogP contribution in [0.2, 0.25) is 5.02 Å². The van der Waals surface area contributed by atoms with Crippen molar-refractivity contribution < 1.29 is 14.0 Å². The standard InChI is InChI=1S/C18H17ClFN3O2.C2H6/c1-3-25-22-18(24)17-16(19)13-6-7-21-9-15(13)23(17)10-12-5-4-11(2)8-14(12)20;1-2/h4-9H,3,10H2,1-2H3,(H,22,24);1-2H3. The van der Waals surface area contributed by atoms with E-state index in [1.54, 1.807) is 36.0 Å². The highest BCUT2D eigenvalue weighted by molar-refractivity contribution is 6.38. The molecule has 27 heavy (non-hydrogen) atoms. The number of hydrogen-bond donors (Lipinski definition) is 1. The Bertz CT molecular complexity index is 940. The zero-order chi connectivity index (χ0) is 20.0. The molecule has 0 radical (unpaired) electrons. The average molecular weight is 392 g/mol. The molecule has 0 aliphatic heterocycles. The Labute approximate surface area is 163 Å². The molecule has 0 bridgehead atoms. The summed E-state index contributed by atoms with van der Waals surface area (Å²) >= 11 is 6.41. The van der Waals surface area contributed by atoms with E-state index in [4.69, 9.17) is 16.4 Å². The first-order chi connectivity index (χ1) is 13.0. The van der Waals surface area contributed by atoms with Crippen LogP contribution in [0.5, 0.6) is 0 Å². The minimum Gasteiger partial charge on any atom is -0.329 e. The van der Waals surface area contributed by atoms with Crippen LogP contribution in [-0.2, 0) is 11.4 Å². The van der Waals surface area contributed by atoms with Crippen LogP contribution in [0.4, 0.5) is 4.39 Å². The molecule has 5 nitrogen and oxygen atoms in total. The van der Waals surface area contributed by atoms with Crippen molar-refractivity contribution in [3.63, 3.8) is 0 Å². The molecule has 0 saturated heterocycles. The summed E-state index contributed by atoms with van der Waals surface area (Å²) in [7, 11) is 0. The first kappa shape index (κ1) is 20.9. The highest BCUT2D eigenvalue weighted by atomic mass is 35.5. The van der Waals surface area contributed by atoms with E-state index in [1.165, 1.54) is 6.07 Å². The number of rotatable bonds is 5. The highest BCUT2D eigenvalue weighted by Gasteiger charge is 2.22. The Morgan fingerprint density at radius 1 is 1.33 bits per heavy atom. The number of nitrogens with one attached hydrogen (secondary N) is 1. The van der Waals surface area contributed by atoms with Crippen molar-refractivity contribution in [3.8, 4) is 0 Å². The monoisotopic (exact) mass is 391 g/mol. The minimum absolute atomic E-state index is 0.149. The van der Waals surface area contributed by atoms with Crippen LogP contribution in [0, 0.1) is 12.7 Å². The third-order valence-corrected chi connectivity index (χ3v) is 4.25. The van der Waals surface area contributed by atoms with Crippen molar-refractivity contribution in [1.29, 1.82) is 0 Å². The van der Waals surface area contributed by atoms with E-state index in [0.717, 1.165) is 5.56 Å². The Hall–Kier alpha value is -2.44. The van der Waals surface area contributed by atoms with E-state index in [0.29, 0.717) is 23.1 Å². The van der Waals surface area contributed by atoms with Gasteiger partial charge in [0.05, 0.1) is 29.9 Å². The maximum absolute atomic E-state index is 14.3. The van der Waals surface area contributed by atoms with Gasteiger partial charge in [0.2, 0.25) is 0 Å². The summed E-state index contributed by atoms with van der Waals surface area (Å²) in [4.78, 5) is 21.6. The van der Waals surface area contributed by atoms with E-state index >= 15 is 0 Å². The predicted molar refractivity (Wildman–Crippen MR) is 105 cm³/mol. The van der Waals surface area contributed by atoms with E-state index < -0.39 is 5.91 Å². The Kier molecular flexibility index (Phi) is 7.33. The molecule has 0 saturated carbocycles. The maximum Gasteiger partial charge on any atom is 0.293 e. The van der Waals surface area contributed by atoms with Gasteiger partial charge in [0.1, 0.15) is 11.5 Å². The number of aryl methyl sites for hydroxylation is 1. The quantitative estimate of drug-likeness (QED) is 0.630. The molecule has 2 heterocycles. The molecule has 3 rings (SSSR count). The third kappa shape index (κ3) is 4.46. The van der Waals surface area contributed by atoms with Gasteiger partial charge in [-0.1, -0.05) is 37.6 Å². The summed E-state index contributed by atoms with van der Waals surface area (Å²) in [6.07, 6.45) is 3.19. The molecule has 0 fully saturated rings. The van der Waals surface area contributed by atoms with Gasteiger partial charge in [-0.15, -0.1) is 0 Å². The number of hydrogen-bond acceptors (Lipinski definition) is 3. The Balaban J connectivity index is 0.00000126. The molecule has 2 aromatic heterocycles. The SMILES string of the molecule is CC.CCONC(=O)c1c(Cl)c2ccncc2n1Cc1ccc(C)cc1F. The summed E-state index contributed by atoms with van der Waals surface area (Å²) in [5.41, 5.74) is 4.47. The first-order valence-corrected chi connectivity index (χ1v) is 9.19. The fourth-order valence-corrected chi connectivity index (χ4v) is 3.02. The van der Waals surface area contributed by atoms with Crippen LogP contribution in [0.25, 0.3) is 10.9 Å². The molecule has 0 aliphatic rings. The van der Waals surface area contributed by atoms with Crippen LogP contribution >= 0.6 is 11.6 Å². The third-order valence-electron chi connectivity index (χ3n) is 3.87. The summed E-state index contributed by atoms with van der Waals surface area (Å²) in [5.74, 6) is -0.825.